The third kappa shape index (κ3) is 28.1. The maximum atomic E-state index is 8.12. The lowest BCUT2D eigenvalue weighted by Crippen LogP contribution is -2.26. The van der Waals surface area contributed by atoms with Gasteiger partial charge < -0.3 is 26.0 Å². The van der Waals surface area contributed by atoms with Gasteiger partial charge in [-0.15, -0.1) is 0 Å². The molecule has 0 fully saturated rings. The van der Waals surface area contributed by atoms with Crippen molar-refractivity contribution in [1.29, 1.82) is 0 Å². The van der Waals surface area contributed by atoms with E-state index in [-0.39, 0.29) is 6.15 Å². The second-order valence-corrected chi connectivity index (χ2v) is 15.9. The Balaban J connectivity index is 0.000000845. The molecule has 410 valence electrons. The molecule has 0 saturated heterocycles. The molecule has 0 aliphatic carbocycles. The Morgan fingerprint density at radius 1 is 0.408 bits per heavy atom. The van der Waals surface area contributed by atoms with Crippen LogP contribution in [-0.2, 0) is 61.5 Å². The van der Waals surface area contributed by atoms with Crippen molar-refractivity contribution in [3.63, 3.8) is 0 Å². The topological polar surface area (TPSA) is 119 Å². The first-order chi connectivity index (χ1) is 37.6. The molecule has 10 heteroatoms. The number of fused-ring (bicyclic) bond motifs is 6. The number of likely N-dealkylation sites (N-methyl/N-ethyl adjacent to an activating group) is 1. The predicted molar refractivity (Wildman–Crippen MR) is 329 cm³/mol. The highest BCUT2D eigenvalue weighted by atomic mass is 79.9. The monoisotopic (exact) mass is 1090 g/mol. The van der Waals surface area contributed by atoms with E-state index in [1.807, 2.05) is 122 Å². The van der Waals surface area contributed by atoms with Crippen LogP contribution < -0.4 is 16.0 Å². The molecule has 0 amide bonds. The van der Waals surface area contributed by atoms with Crippen molar-refractivity contribution in [3.8, 4) is 0 Å². The first-order valence-electron chi connectivity index (χ1n) is 27.1. The second-order valence-electron chi connectivity index (χ2n) is 15.9. The zero-order chi connectivity index (χ0) is 56.4. The standard InChI is InChI=1S/C10H13N.3C9H11N.2C9H7N.4C2H6.CH3Br.CO2.CH4O/c1-11-7-6-9-4-2-3-5-10(9)8-11;5*1-2-4-9-7-10-6-5-8(9)3-1;5*1-2;2-1-3;1-2/h2-5H,6-8H2,1H3;3*1-4,10H,5-7H2;2*1-7H;4*1-2H3;1H3;;2H,1H3. The molecule has 9 nitrogen and oxygen atoms in total. The van der Waals surface area contributed by atoms with Gasteiger partial charge in [-0.25, -0.2) is 0 Å². The van der Waals surface area contributed by atoms with Crippen molar-refractivity contribution < 1.29 is 14.7 Å². The molecule has 4 aliphatic heterocycles. The number of nitrogens with one attached hydrogen (secondary N) is 3. The Bertz CT molecular complexity index is 2260. The highest BCUT2D eigenvalue weighted by Gasteiger charge is 2.11. The second kappa shape index (κ2) is 48.4. The number of rotatable bonds is 0. The van der Waals surface area contributed by atoms with Crippen LogP contribution in [0.4, 0.5) is 0 Å². The number of pyridine rings is 2. The van der Waals surface area contributed by atoms with Crippen molar-refractivity contribution in [2.24, 2.45) is 0 Å². The summed E-state index contributed by atoms with van der Waals surface area (Å²) in [5.41, 5.74) is 12.0. The number of aromatic nitrogens is 2. The van der Waals surface area contributed by atoms with E-state index in [2.05, 4.69) is 175 Å². The van der Waals surface area contributed by atoms with Gasteiger partial charge in [0.2, 0.25) is 0 Å². The Morgan fingerprint density at radius 2 is 0.671 bits per heavy atom. The van der Waals surface area contributed by atoms with Crippen molar-refractivity contribution >= 4 is 43.6 Å². The molecule has 4 aliphatic rings. The van der Waals surface area contributed by atoms with E-state index in [4.69, 9.17) is 14.7 Å². The number of alkyl halides is 1. The molecular formula is C66H91BrN6O3. The number of aliphatic hydroxyl groups is 1. The quantitative estimate of drug-likeness (QED) is 0.110. The first kappa shape index (κ1) is 69.8. The fourth-order valence-corrected chi connectivity index (χ4v) is 7.95. The van der Waals surface area contributed by atoms with Crippen LogP contribution in [0.25, 0.3) is 21.5 Å². The third-order valence-electron chi connectivity index (χ3n) is 11.4. The zero-order valence-corrected chi connectivity index (χ0v) is 49.4. The van der Waals surface area contributed by atoms with Gasteiger partial charge >= 0.3 is 6.15 Å². The van der Waals surface area contributed by atoms with E-state index in [1.54, 1.807) is 0 Å². The average Bonchev–Trinajstić information content (AvgIpc) is 3.53. The molecule has 6 aromatic carbocycles. The number of nitrogens with zero attached hydrogens (tertiary/aromatic N) is 3. The van der Waals surface area contributed by atoms with E-state index in [1.165, 1.54) is 98.3 Å². The van der Waals surface area contributed by atoms with Crippen LogP contribution in [0, 0.1) is 0 Å². The molecule has 0 radical (unpaired) electrons. The van der Waals surface area contributed by atoms with E-state index in [0.717, 1.165) is 52.9 Å². The van der Waals surface area contributed by atoms with Gasteiger partial charge in [0.05, 0.1) is 0 Å². The van der Waals surface area contributed by atoms with Gasteiger partial charge in [0.1, 0.15) is 0 Å². The number of aliphatic hydroxyl groups excluding tert-OH is 1. The fraction of sp³-hybridized carbons (Fsp3) is 0.348. The minimum atomic E-state index is 0.250. The summed E-state index contributed by atoms with van der Waals surface area (Å²) in [5, 5.41) is 21.9. The van der Waals surface area contributed by atoms with Gasteiger partial charge in [-0.3, -0.25) is 9.97 Å². The van der Waals surface area contributed by atoms with Crippen LogP contribution in [0.5, 0.6) is 0 Å². The maximum Gasteiger partial charge on any atom is 0.373 e. The molecule has 0 spiro atoms. The van der Waals surface area contributed by atoms with E-state index in [0.29, 0.717) is 0 Å². The Labute approximate surface area is 467 Å². The van der Waals surface area contributed by atoms with Crippen LogP contribution in [-0.4, -0.2) is 72.3 Å². The summed E-state index contributed by atoms with van der Waals surface area (Å²) in [6, 6.07) is 55.0. The number of halogens is 1. The molecule has 0 saturated carbocycles. The number of hydrogen-bond acceptors (Lipinski definition) is 9. The fourth-order valence-electron chi connectivity index (χ4n) is 7.95. The Morgan fingerprint density at radius 3 is 0.974 bits per heavy atom. The summed E-state index contributed by atoms with van der Waals surface area (Å²) in [5.74, 6) is 1.81. The lowest BCUT2D eigenvalue weighted by molar-refractivity contribution is -0.191. The number of carbonyl (C=O) groups excluding carboxylic acids is 2. The minimum absolute atomic E-state index is 0.250. The Kier molecular flexibility index (Phi) is 44.5. The predicted octanol–water partition coefficient (Wildman–Crippen LogP) is 14.3. The van der Waals surface area contributed by atoms with Crippen molar-refractivity contribution in [3.05, 3.63) is 227 Å². The van der Waals surface area contributed by atoms with Gasteiger partial charge in [0, 0.05) is 64.6 Å². The largest absolute Gasteiger partial charge is 0.400 e. The SMILES string of the molecule is CBr.CC.CC.CC.CC.CN1CCc2ccccc2C1.CO.O=C=O.c1ccc2c(c1)CCNC2.c1ccc2c(c1)CCNC2.c1ccc2c(c1)CCNC2.c1ccc2cnccc2c1.c1ccc2cnccc2c1. The van der Waals surface area contributed by atoms with E-state index < -0.39 is 0 Å². The van der Waals surface area contributed by atoms with Gasteiger partial charge in [-0.1, -0.05) is 217 Å². The van der Waals surface area contributed by atoms with Crippen LogP contribution in [0.3, 0.4) is 0 Å². The van der Waals surface area contributed by atoms with Crippen LogP contribution in [0.15, 0.2) is 183 Å². The van der Waals surface area contributed by atoms with Gasteiger partial charge in [-0.05, 0) is 136 Å². The number of hydrogen-bond donors (Lipinski definition) is 4. The van der Waals surface area contributed by atoms with Gasteiger partial charge in [-0.2, -0.15) is 9.59 Å². The van der Waals surface area contributed by atoms with Crippen LogP contribution in [0.1, 0.15) is 99.9 Å². The molecule has 0 atom stereocenters. The van der Waals surface area contributed by atoms with Crippen molar-refractivity contribution in [2.75, 3.05) is 46.2 Å². The lowest BCUT2D eigenvalue weighted by atomic mass is 10.0. The molecule has 12 rings (SSSR count). The minimum Gasteiger partial charge on any atom is -0.400 e. The zero-order valence-electron chi connectivity index (χ0n) is 47.8. The third-order valence-corrected chi connectivity index (χ3v) is 11.4. The summed E-state index contributed by atoms with van der Waals surface area (Å²) < 4.78 is 0. The molecular weight excluding hydrogens is 1000 g/mol. The highest BCUT2D eigenvalue weighted by molar-refractivity contribution is 9.08. The molecule has 6 heterocycles. The molecule has 2 aromatic heterocycles. The maximum absolute atomic E-state index is 8.12. The first-order valence-corrected chi connectivity index (χ1v) is 28.7. The Hall–Kier alpha value is -6.20. The summed E-state index contributed by atoms with van der Waals surface area (Å²) in [6.07, 6.45) is 12.4. The summed E-state index contributed by atoms with van der Waals surface area (Å²) in [7, 11) is 3.18. The normalized spacial score (nSPS) is 12.3. The van der Waals surface area contributed by atoms with Gasteiger partial charge in [0.15, 0.2) is 0 Å². The van der Waals surface area contributed by atoms with E-state index in [9.17, 15) is 0 Å². The van der Waals surface area contributed by atoms with Gasteiger partial charge in [0.25, 0.3) is 0 Å². The highest BCUT2D eigenvalue weighted by Crippen LogP contribution is 2.17. The number of benzene rings is 6. The van der Waals surface area contributed by atoms with Crippen LogP contribution in [0.2, 0.25) is 0 Å². The summed E-state index contributed by atoms with van der Waals surface area (Å²) in [4.78, 5) is 26.6. The van der Waals surface area contributed by atoms with Crippen molar-refractivity contribution in [2.45, 2.75) is 107 Å². The molecule has 4 N–H and O–H groups in total. The average molecular weight is 1100 g/mol. The summed E-state index contributed by atoms with van der Waals surface area (Å²) in [6.45, 7) is 24.9. The molecule has 0 bridgehead atoms. The molecule has 8 aromatic rings. The van der Waals surface area contributed by atoms with Crippen LogP contribution >= 0.6 is 15.9 Å². The lowest BCUT2D eigenvalue weighted by Gasteiger charge is -2.24. The van der Waals surface area contributed by atoms with Crippen molar-refractivity contribution in [1.82, 2.24) is 30.8 Å². The van der Waals surface area contributed by atoms with E-state index >= 15 is 0 Å². The molecule has 76 heavy (non-hydrogen) atoms. The smallest absolute Gasteiger partial charge is 0.373 e. The molecule has 0 unspecified atom stereocenters. The summed E-state index contributed by atoms with van der Waals surface area (Å²) >= 11 is 2.94.